The molecule has 0 saturated carbocycles. The van der Waals surface area contributed by atoms with E-state index in [4.69, 9.17) is 22.5 Å². The summed E-state index contributed by atoms with van der Waals surface area (Å²) in [5.41, 5.74) is 6.36. The number of benzene rings is 1. The highest BCUT2D eigenvalue weighted by atomic mass is 79.9. The first kappa shape index (κ1) is 13.1. The van der Waals surface area contributed by atoms with Crippen molar-refractivity contribution >= 4 is 39.1 Å². The fourth-order valence-electron chi connectivity index (χ4n) is 1.25. The molecule has 16 heavy (non-hydrogen) atoms. The van der Waals surface area contributed by atoms with Crippen LogP contribution < -0.4 is 11.1 Å². The van der Waals surface area contributed by atoms with Crippen molar-refractivity contribution in [1.82, 2.24) is 0 Å². The normalized spacial score (nSPS) is 13.6. The number of oxime groups is 1. The van der Waals surface area contributed by atoms with E-state index in [0.29, 0.717) is 11.4 Å². The van der Waals surface area contributed by atoms with Gasteiger partial charge in [0.25, 0.3) is 0 Å². The van der Waals surface area contributed by atoms with E-state index in [0.717, 1.165) is 10.2 Å². The summed E-state index contributed by atoms with van der Waals surface area (Å²) in [7, 11) is 0. The standard InChI is InChI=1S/C10H13BrClN3O/c1-2-8(10(13)15-16)14-9-5-6(12)3-4-7(9)11/h3-5,8,14,16H,2H2,1H3,(H2,13,15). The summed E-state index contributed by atoms with van der Waals surface area (Å²) >= 11 is 9.28. The van der Waals surface area contributed by atoms with Crippen LogP contribution in [0.3, 0.4) is 0 Å². The summed E-state index contributed by atoms with van der Waals surface area (Å²) in [5, 5.41) is 15.4. The first-order valence-electron chi connectivity index (χ1n) is 4.77. The number of amidine groups is 1. The van der Waals surface area contributed by atoms with Crippen LogP contribution in [0.4, 0.5) is 5.69 Å². The lowest BCUT2D eigenvalue weighted by atomic mass is 10.2. The Labute approximate surface area is 108 Å². The molecule has 1 aromatic rings. The first-order valence-corrected chi connectivity index (χ1v) is 5.94. The zero-order chi connectivity index (χ0) is 12.1. The zero-order valence-corrected chi connectivity index (χ0v) is 11.1. The number of nitrogens with zero attached hydrogens (tertiary/aromatic N) is 1. The van der Waals surface area contributed by atoms with Gasteiger partial charge in [-0.25, -0.2) is 0 Å². The number of nitrogens with one attached hydrogen (secondary N) is 1. The van der Waals surface area contributed by atoms with Crippen LogP contribution in [0.2, 0.25) is 5.02 Å². The molecule has 1 aromatic carbocycles. The van der Waals surface area contributed by atoms with Crippen molar-refractivity contribution in [2.24, 2.45) is 10.9 Å². The number of rotatable bonds is 4. The minimum atomic E-state index is -0.222. The number of halogens is 2. The van der Waals surface area contributed by atoms with E-state index in [1.165, 1.54) is 0 Å². The van der Waals surface area contributed by atoms with Crippen molar-refractivity contribution in [3.8, 4) is 0 Å². The molecule has 0 aliphatic heterocycles. The molecule has 0 aromatic heterocycles. The summed E-state index contributed by atoms with van der Waals surface area (Å²) in [5.74, 6) is 0.148. The van der Waals surface area contributed by atoms with Gasteiger partial charge in [-0.1, -0.05) is 23.7 Å². The van der Waals surface area contributed by atoms with Crippen molar-refractivity contribution in [2.45, 2.75) is 19.4 Å². The van der Waals surface area contributed by atoms with Gasteiger partial charge in [-0.3, -0.25) is 0 Å². The third-order valence-corrected chi connectivity index (χ3v) is 3.07. The highest BCUT2D eigenvalue weighted by molar-refractivity contribution is 9.10. The quantitative estimate of drug-likeness (QED) is 0.346. The largest absolute Gasteiger partial charge is 0.409 e. The first-order chi connectivity index (χ1) is 7.58. The van der Waals surface area contributed by atoms with Crippen LogP contribution in [-0.2, 0) is 0 Å². The monoisotopic (exact) mass is 305 g/mol. The summed E-state index contributed by atoms with van der Waals surface area (Å²) < 4.78 is 0.876. The number of hydrogen-bond donors (Lipinski definition) is 3. The number of anilines is 1. The molecule has 0 bridgehead atoms. The topological polar surface area (TPSA) is 70.6 Å². The molecule has 0 amide bonds. The summed E-state index contributed by atoms with van der Waals surface area (Å²) in [6, 6.07) is 5.17. The number of nitrogens with two attached hydrogens (primary N) is 1. The molecular formula is C10H13BrClN3O. The molecule has 0 saturated heterocycles. The number of hydrogen-bond acceptors (Lipinski definition) is 3. The molecule has 1 rings (SSSR count). The van der Waals surface area contributed by atoms with Gasteiger partial charge in [-0.2, -0.15) is 0 Å². The summed E-state index contributed by atoms with van der Waals surface area (Å²) in [6.07, 6.45) is 0.703. The van der Waals surface area contributed by atoms with Crippen molar-refractivity contribution in [1.29, 1.82) is 0 Å². The second kappa shape index (κ2) is 5.96. The van der Waals surface area contributed by atoms with Crippen molar-refractivity contribution < 1.29 is 5.21 Å². The Hall–Kier alpha value is -0.940. The van der Waals surface area contributed by atoms with Gasteiger partial charge in [-0.15, -0.1) is 0 Å². The maximum atomic E-state index is 8.62. The Morgan fingerprint density at radius 3 is 2.94 bits per heavy atom. The van der Waals surface area contributed by atoms with Crippen LogP contribution in [0.15, 0.2) is 27.8 Å². The zero-order valence-electron chi connectivity index (χ0n) is 8.74. The van der Waals surface area contributed by atoms with Gasteiger partial charge in [0.2, 0.25) is 0 Å². The van der Waals surface area contributed by atoms with Gasteiger partial charge in [0.1, 0.15) is 0 Å². The summed E-state index contributed by atoms with van der Waals surface area (Å²) in [6.45, 7) is 1.94. The lowest BCUT2D eigenvalue weighted by molar-refractivity contribution is 0.316. The molecule has 4 nitrogen and oxygen atoms in total. The fraction of sp³-hybridized carbons (Fsp3) is 0.300. The van der Waals surface area contributed by atoms with Crippen LogP contribution >= 0.6 is 27.5 Å². The van der Waals surface area contributed by atoms with Gasteiger partial charge in [0.05, 0.1) is 11.7 Å². The lowest BCUT2D eigenvalue weighted by Crippen LogP contribution is -2.35. The Morgan fingerprint density at radius 1 is 1.69 bits per heavy atom. The Bertz CT molecular complexity index is 398. The molecule has 0 spiro atoms. The van der Waals surface area contributed by atoms with E-state index in [9.17, 15) is 0 Å². The second-order valence-corrected chi connectivity index (χ2v) is 4.54. The minimum absolute atomic E-state index is 0.148. The maximum absolute atomic E-state index is 8.62. The van der Waals surface area contributed by atoms with Gasteiger partial charge in [0, 0.05) is 9.50 Å². The van der Waals surface area contributed by atoms with E-state index in [-0.39, 0.29) is 11.9 Å². The fourth-order valence-corrected chi connectivity index (χ4v) is 1.78. The average Bonchev–Trinajstić information content (AvgIpc) is 2.29. The second-order valence-electron chi connectivity index (χ2n) is 3.25. The molecule has 1 unspecified atom stereocenters. The molecule has 0 radical (unpaired) electrons. The smallest absolute Gasteiger partial charge is 0.161 e. The van der Waals surface area contributed by atoms with Gasteiger partial charge in [-0.05, 0) is 40.5 Å². The van der Waals surface area contributed by atoms with Gasteiger partial charge < -0.3 is 16.3 Å². The van der Waals surface area contributed by atoms with E-state index in [1.807, 2.05) is 13.0 Å². The van der Waals surface area contributed by atoms with Crippen LogP contribution in [0.5, 0.6) is 0 Å². The highest BCUT2D eigenvalue weighted by Gasteiger charge is 2.12. The van der Waals surface area contributed by atoms with Crippen LogP contribution in [0.1, 0.15) is 13.3 Å². The predicted molar refractivity (Wildman–Crippen MR) is 70.3 cm³/mol. The molecule has 6 heteroatoms. The molecule has 88 valence electrons. The highest BCUT2D eigenvalue weighted by Crippen LogP contribution is 2.26. The third-order valence-electron chi connectivity index (χ3n) is 2.14. The van der Waals surface area contributed by atoms with Crippen molar-refractivity contribution in [3.05, 3.63) is 27.7 Å². The van der Waals surface area contributed by atoms with Crippen LogP contribution in [0, 0.1) is 0 Å². The predicted octanol–water partition coefficient (Wildman–Crippen LogP) is 3.04. The van der Waals surface area contributed by atoms with E-state index in [2.05, 4.69) is 26.4 Å². The van der Waals surface area contributed by atoms with Crippen molar-refractivity contribution in [3.63, 3.8) is 0 Å². The van der Waals surface area contributed by atoms with E-state index < -0.39 is 0 Å². The Morgan fingerprint density at radius 2 is 2.38 bits per heavy atom. The molecule has 0 aliphatic rings. The molecule has 0 heterocycles. The van der Waals surface area contributed by atoms with Crippen molar-refractivity contribution in [2.75, 3.05) is 5.32 Å². The minimum Gasteiger partial charge on any atom is -0.409 e. The molecule has 0 aliphatic carbocycles. The molecule has 0 fully saturated rings. The maximum Gasteiger partial charge on any atom is 0.161 e. The van der Waals surface area contributed by atoms with Gasteiger partial charge >= 0.3 is 0 Å². The summed E-state index contributed by atoms with van der Waals surface area (Å²) in [4.78, 5) is 0. The lowest BCUT2D eigenvalue weighted by Gasteiger charge is -2.17. The van der Waals surface area contributed by atoms with Crippen LogP contribution in [-0.4, -0.2) is 17.1 Å². The SMILES string of the molecule is CCC(Nc1cc(Cl)ccc1Br)/C(N)=N/O. The van der Waals surface area contributed by atoms with Gasteiger partial charge in [0.15, 0.2) is 5.84 Å². The Kier molecular flexibility index (Phi) is 4.89. The molecular weight excluding hydrogens is 293 g/mol. The molecule has 1 atom stereocenters. The van der Waals surface area contributed by atoms with E-state index in [1.54, 1.807) is 12.1 Å². The average molecular weight is 307 g/mol. The van der Waals surface area contributed by atoms with E-state index >= 15 is 0 Å². The molecule has 4 N–H and O–H groups in total. The Balaban J connectivity index is 2.89. The third kappa shape index (κ3) is 3.28. The van der Waals surface area contributed by atoms with Crippen LogP contribution in [0.25, 0.3) is 0 Å².